The lowest BCUT2D eigenvalue weighted by Gasteiger charge is -2.38. The summed E-state index contributed by atoms with van der Waals surface area (Å²) in [5, 5.41) is 0. The molecule has 1 aromatic rings. The fraction of sp³-hybridized carbons (Fsp3) is 0.778. The van der Waals surface area contributed by atoms with Gasteiger partial charge in [-0.15, -0.1) is 0 Å². The molecule has 3 heterocycles. The molecule has 0 bridgehead atoms. The molecule has 0 spiro atoms. The van der Waals surface area contributed by atoms with Crippen LogP contribution in [-0.4, -0.2) is 64.7 Å². The number of aromatic nitrogens is 2. The Bertz CT molecular complexity index is 563. The summed E-state index contributed by atoms with van der Waals surface area (Å²) in [7, 11) is 0. The number of imidazole rings is 1. The highest BCUT2D eigenvalue weighted by molar-refractivity contribution is 5.77. The van der Waals surface area contributed by atoms with Crippen LogP contribution in [0.25, 0.3) is 0 Å². The maximum absolute atomic E-state index is 12.1. The van der Waals surface area contributed by atoms with Crippen LogP contribution >= 0.6 is 0 Å². The molecule has 1 saturated carbocycles. The first-order chi connectivity index (χ1) is 11.8. The smallest absolute Gasteiger partial charge is 0.248 e. The number of fused-ring (bicyclic) bond motifs is 1. The van der Waals surface area contributed by atoms with Gasteiger partial charge in [-0.25, -0.2) is 4.98 Å². The van der Waals surface area contributed by atoms with Gasteiger partial charge in [0.05, 0.1) is 24.7 Å². The van der Waals surface area contributed by atoms with Gasteiger partial charge in [0.1, 0.15) is 6.61 Å². The van der Waals surface area contributed by atoms with Gasteiger partial charge in [-0.05, 0) is 31.6 Å². The number of hydrogen-bond acceptors (Lipinski definition) is 4. The predicted octanol–water partition coefficient (Wildman–Crippen LogP) is 1.68. The zero-order valence-electron chi connectivity index (χ0n) is 14.4. The summed E-state index contributed by atoms with van der Waals surface area (Å²) in [4.78, 5) is 20.9. The van der Waals surface area contributed by atoms with Gasteiger partial charge >= 0.3 is 0 Å². The van der Waals surface area contributed by atoms with Gasteiger partial charge in [-0.1, -0.05) is 6.42 Å². The molecular weight excluding hydrogens is 304 g/mol. The Balaban J connectivity index is 1.30. The number of hydrogen-bond donors (Lipinski definition) is 0. The molecule has 1 aromatic heterocycles. The third-order valence-corrected chi connectivity index (χ3v) is 5.73. The third kappa shape index (κ3) is 3.49. The van der Waals surface area contributed by atoms with Gasteiger partial charge in [0, 0.05) is 38.9 Å². The standard InChI is InChI=1S/C18H28N4O2/c23-18(21-6-1-2-7-21)13-24-12-17-11-20(9-15-4-3-5-15)10-16-8-19-14-22(16)17/h8,14-15,17H,1-7,9-13H2/t17-/m0/s1. The molecule has 4 rings (SSSR count). The number of nitrogens with zero attached hydrogens (tertiary/aromatic N) is 4. The maximum atomic E-state index is 12.1. The Morgan fingerprint density at radius 1 is 1.25 bits per heavy atom. The van der Waals surface area contributed by atoms with Gasteiger partial charge in [-0.2, -0.15) is 0 Å². The zero-order valence-corrected chi connectivity index (χ0v) is 14.4. The van der Waals surface area contributed by atoms with E-state index in [-0.39, 0.29) is 18.6 Å². The highest BCUT2D eigenvalue weighted by atomic mass is 16.5. The minimum atomic E-state index is 0.139. The Morgan fingerprint density at radius 2 is 2.08 bits per heavy atom. The lowest BCUT2D eigenvalue weighted by molar-refractivity contribution is -0.135. The van der Waals surface area contributed by atoms with E-state index in [9.17, 15) is 4.79 Å². The molecule has 3 aliphatic rings. The van der Waals surface area contributed by atoms with E-state index in [2.05, 4.69) is 14.5 Å². The van der Waals surface area contributed by atoms with Crippen LogP contribution in [0.1, 0.15) is 43.8 Å². The van der Waals surface area contributed by atoms with Crippen molar-refractivity contribution in [2.24, 2.45) is 5.92 Å². The molecule has 2 fully saturated rings. The molecule has 1 atom stereocenters. The quantitative estimate of drug-likeness (QED) is 0.795. The fourth-order valence-electron chi connectivity index (χ4n) is 4.12. The van der Waals surface area contributed by atoms with Crippen molar-refractivity contribution in [1.82, 2.24) is 19.4 Å². The van der Waals surface area contributed by atoms with Crippen LogP contribution in [0.15, 0.2) is 12.5 Å². The fourth-order valence-corrected chi connectivity index (χ4v) is 4.12. The molecule has 1 amide bonds. The van der Waals surface area contributed by atoms with Crippen LogP contribution in [-0.2, 0) is 16.1 Å². The number of carbonyl (C=O) groups is 1. The molecule has 132 valence electrons. The second-order valence-corrected chi connectivity index (χ2v) is 7.54. The molecule has 0 aromatic carbocycles. The van der Waals surface area contributed by atoms with Crippen molar-refractivity contribution in [3.05, 3.63) is 18.2 Å². The predicted molar refractivity (Wildman–Crippen MR) is 90.5 cm³/mol. The minimum Gasteiger partial charge on any atom is -0.369 e. The lowest BCUT2D eigenvalue weighted by Crippen LogP contribution is -2.42. The summed E-state index contributed by atoms with van der Waals surface area (Å²) in [5.41, 5.74) is 1.26. The van der Waals surface area contributed by atoms with Crippen LogP contribution in [0.4, 0.5) is 0 Å². The molecule has 0 N–H and O–H groups in total. The van der Waals surface area contributed by atoms with Crippen molar-refractivity contribution in [2.45, 2.75) is 44.7 Å². The van der Waals surface area contributed by atoms with Crippen molar-refractivity contribution in [2.75, 3.05) is 39.4 Å². The average Bonchev–Trinajstić information content (AvgIpc) is 3.22. The first-order valence-electron chi connectivity index (χ1n) is 9.38. The van der Waals surface area contributed by atoms with Gasteiger partial charge in [0.2, 0.25) is 5.91 Å². The van der Waals surface area contributed by atoms with Crippen LogP contribution in [0.5, 0.6) is 0 Å². The third-order valence-electron chi connectivity index (χ3n) is 5.73. The Morgan fingerprint density at radius 3 is 2.83 bits per heavy atom. The van der Waals surface area contributed by atoms with E-state index in [0.29, 0.717) is 6.61 Å². The van der Waals surface area contributed by atoms with Crippen LogP contribution in [0.3, 0.4) is 0 Å². The number of carbonyl (C=O) groups excluding carboxylic acids is 1. The molecule has 0 unspecified atom stereocenters. The summed E-state index contributed by atoms with van der Waals surface area (Å²) in [6.45, 7) is 5.76. The molecule has 6 heteroatoms. The second kappa shape index (κ2) is 7.23. The SMILES string of the molecule is O=C(COC[C@@H]1CN(CC2CCC2)Cc2cncn21)N1CCCC1. The summed E-state index contributed by atoms with van der Waals surface area (Å²) >= 11 is 0. The number of amides is 1. The van der Waals surface area contributed by atoms with Crippen LogP contribution < -0.4 is 0 Å². The molecule has 1 saturated heterocycles. The highest BCUT2D eigenvalue weighted by Crippen LogP contribution is 2.30. The Hall–Kier alpha value is -1.40. The molecular formula is C18H28N4O2. The van der Waals surface area contributed by atoms with E-state index in [0.717, 1.165) is 44.9 Å². The van der Waals surface area contributed by atoms with Crippen molar-refractivity contribution >= 4 is 5.91 Å². The van der Waals surface area contributed by atoms with E-state index in [1.807, 2.05) is 17.4 Å². The number of likely N-dealkylation sites (tertiary alicyclic amines) is 1. The van der Waals surface area contributed by atoms with E-state index >= 15 is 0 Å². The second-order valence-electron chi connectivity index (χ2n) is 7.54. The van der Waals surface area contributed by atoms with Crippen molar-refractivity contribution in [1.29, 1.82) is 0 Å². The van der Waals surface area contributed by atoms with E-state index < -0.39 is 0 Å². The molecule has 24 heavy (non-hydrogen) atoms. The Kier molecular flexibility index (Phi) is 4.85. The molecule has 0 radical (unpaired) electrons. The van der Waals surface area contributed by atoms with Crippen LogP contribution in [0, 0.1) is 5.92 Å². The summed E-state index contributed by atoms with van der Waals surface area (Å²) in [6, 6.07) is 0.266. The van der Waals surface area contributed by atoms with Gasteiger partial charge in [-0.3, -0.25) is 9.69 Å². The van der Waals surface area contributed by atoms with Crippen LogP contribution in [0.2, 0.25) is 0 Å². The van der Waals surface area contributed by atoms with Crippen molar-refractivity contribution in [3.8, 4) is 0 Å². The monoisotopic (exact) mass is 332 g/mol. The Labute approximate surface area is 143 Å². The first-order valence-corrected chi connectivity index (χ1v) is 9.38. The number of ether oxygens (including phenoxy) is 1. The summed E-state index contributed by atoms with van der Waals surface area (Å²) < 4.78 is 8.03. The summed E-state index contributed by atoms with van der Waals surface area (Å²) in [6.07, 6.45) is 10.3. The topological polar surface area (TPSA) is 50.6 Å². The average molecular weight is 332 g/mol. The highest BCUT2D eigenvalue weighted by Gasteiger charge is 2.29. The maximum Gasteiger partial charge on any atom is 0.248 e. The lowest BCUT2D eigenvalue weighted by atomic mass is 9.85. The molecule has 2 aliphatic heterocycles. The number of rotatable bonds is 6. The zero-order chi connectivity index (χ0) is 16.4. The van der Waals surface area contributed by atoms with E-state index in [1.54, 1.807) is 0 Å². The van der Waals surface area contributed by atoms with E-state index in [4.69, 9.17) is 4.74 Å². The van der Waals surface area contributed by atoms with Crippen molar-refractivity contribution < 1.29 is 9.53 Å². The van der Waals surface area contributed by atoms with E-state index in [1.165, 1.54) is 31.5 Å². The van der Waals surface area contributed by atoms with Gasteiger partial charge in [0.15, 0.2) is 0 Å². The largest absolute Gasteiger partial charge is 0.369 e. The molecule has 6 nitrogen and oxygen atoms in total. The van der Waals surface area contributed by atoms with Gasteiger partial charge < -0.3 is 14.2 Å². The molecule has 1 aliphatic carbocycles. The van der Waals surface area contributed by atoms with Gasteiger partial charge in [0.25, 0.3) is 0 Å². The van der Waals surface area contributed by atoms with Crippen molar-refractivity contribution in [3.63, 3.8) is 0 Å². The first kappa shape index (κ1) is 16.1. The minimum absolute atomic E-state index is 0.139. The summed E-state index contributed by atoms with van der Waals surface area (Å²) in [5.74, 6) is 1.01. The normalized spacial score (nSPS) is 24.8.